The van der Waals surface area contributed by atoms with E-state index < -0.39 is 11.7 Å². The van der Waals surface area contributed by atoms with E-state index in [9.17, 15) is 9.90 Å². The van der Waals surface area contributed by atoms with Crippen molar-refractivity contribution >= 4 is 28.3 Å². The summed E-state index contributed by atoms with van der Waals surface area (Å²) in [4.78, 5) is 17.2. The van der Waals surface area contributed by atoms with Gasteiger partial charge >= 0.3 is 0 Å². The topological polar surface area (TPSA) is 107 Å². The number of nitrogens with zero attached hydrogens (tertiary/aromatic N) is 5. The average Bonchev–Trinajstić information content (AvgIpc) is 3.40. The number of aliphatic hydroxyl groups is 1. The number of amides is 1. The van der Waals surface area contributed by atoms with Crippen LogP contribution in [0.25, 0.3) is 27.8 Å². The number of carbonyl (C=O) groups is 1. The van der Waals surface area contributed by atoms with Crippen molar-refractivity contribution in [3.05, 3.63) is 72.3 Å². The van der Waals surface area contributed by atoms with Crippen LogP contribution in [0.5, 0.6) is 5.75 Å². The lowest BCUT2D eigenvalue weighted by Gasteiger charge is -2.05. The number of nitrogens with one attached hydrogen (secondary N) is 1. The molecule has 166 valence electrons. The largest absolute Gasteiger partial charge is 0.497 e. The molecule has 9 nitrogen and oxygen atoms in total. The molecule has 33 heavy (non-hydrogen) atoms. The van der Waals surface area contributed by atoms with Crippen molar-refractivity contribution in [1.82, 2.24) is 24.4 Å². The first-order chi connectivity index (χ1) is 16.1. The first kappa shape index (κ1) is 20.6. The summed E-state index contributed by atoms with van der Waals surface area (Å²) < 4.78 is 23.4. The van der Waals surface area contributed by atoms with Crippen LogP contribution in [0.2, 0.25) is 0 Å². The molecule has 0 radical (unpaired) electrons. The number of anilines is 1. The van der Waals surface area contributed by atoms with Crippen molar-refractivity contribution < 1.29 is 19.0 Å². The molecule has 5 aromatic rings. The lowest BCUT2D eigenvalue weighted by Crippen LogP contribution is -2.13. The van der Waals surface area contributed by atoms with Crippen LogP contribution in [0.15, 0.2) is 60.9 Å². The number of rotatable bonds is 6. The zero-order valence-electron chi connectivity index (χ0n) is 17.6. The molecule has 0 spiro atoms. The standard InChI is InChI=1S/C23H19FN6O3/c1-33-15-7-5-14(6-8-15)23(32)27-21-16-12-18(24)20(26-22(16)30(28-21)10-11-31)17-13-25-29-9-3-2-4-19(17)29/h2-9,12-13,31H,10-11H2,1H3,(H,27,28,32). The predicted octanol–water partition coefficient (Wildman–Crippen LogP) is 3.14. The second-order valence-electron chi connectivity index (χ2n) is 7.26. The zero-order chi connectivity index (χ0) is 22.9. The van der Waals surface area contributed by atoms with Crippen LogP contribution >= 0.6 is 0 Å². The second-order valence-corrected chi connectivity index (χ2v) is 7.26. The molecule has 0 saturated carbocycles. The summed E-state index contributed by atoms with van der Waals surface area (Å²) >= 11 is 0. The fourth-order valence-corrected chi connectivity index (χ4v) is 3.64. The summed E-state index contributed by atoms with van der Waals surface area (Å²) in [5.41, 5.74) is 2.05. The van der Waals surface area contributed by atoms with Crippen LogP contribution in [-0.2, 0) is 6.54 Å². The van der Waals surface area contributed by atoms with Gasteiger partial charge in [-0.2, -0.15) is 10.2 Å². The first-order valence-electron chi connectivity index (χ1n) is 10.1. The highest BCUT2D eigenvalue weighted by Gasteiger charge is 2.20. The number of carbonyl (C=O) groups excluding carboxylic acids is 1. The highest BCUT2D eigenvalue weighted by molar-refractivity contribution is 6.07. The molecule has 0 aliphatic carbocycles. The molecule has 1 aromatic carbocycles. The Morgan fingerprint density at radius 3 is 2.79 bits per heavy atom. The summed E-state index contributed by atoms with van der Waals surface area (Å²) in [5.74, 6) is -0.224. The number of aromatic nitrogens is 5. The van der Waals surface area contributed by atoms with Crippen LogP contribution in [0.1, 0.15) is 10.4 Å². The molecule has 5 rings (SSSR count). The molecule has 0 unspecified atom stereocenters. The number of halogens is 1. The highest BCUT2D eigenvalue weighted by Crippen LogP contribution is 2.31. The van der Waals surface area contributed by atoms with Crippen molar-refractivity contribution in [1.29, 1.82) is 0 Å². The summed E-state index contributed by atoms with van der Waals surface area (Å²) in [6.45, 7) is -0.0739. The summed E-state index contributed by atoms with van der Waals surface area (Å²) in [6, 6.07) is 13.3. The van der Waals surface area contributed by atoms with Gasteiger partial charge in [0.1, 0.15) is 11.4 Å². The Morgan fingerprint density at radius 2 is 2.03 bits per heavy atom. The van der Waals surface area contributed by atoms with Crippen LogP contribution in [-0.4, -0.2) is 49.1 Å². The van der Waals surface area contributed by atoms with E-state index in [2.05, 4.69) is 20.5 Å². The molecular weight excluding hydrogens is 427 g/mol. The maximum Gasteiger partial charge on any atom is 0.256 e. The Morgan fingerprint density at radius 1 is 1.21 bits per heavy atom. The smallest absolute Gasteiger partial charge is 0.256 e. The van der Waals surface area contributed by atoms with Gasteiger partial charge in [-0.05, 0) is 42.5 Å². The van der Waals surface area contributed by atoms with Gasteiger partial charge in [0.15, 0.2) is 17.3 Å². The van der Waals surface area contributed by atoms with Gasteiger partial charge in [-0.15, -0.1) is 0 Å². The van der Waals surface area contributed by atoms with E-state index in [0.29, 0.717) is 33.4 Å². The fourth-order valence-electron chi connectivity index (χ4n) is 3.64. The fraction of sp³-hybridized carbons (Fsp3) is 0.130. The van der Waals surface area contributed by atoms with Crippen molar-refractivity contribution in [2.75, 3.05) is 19.0 Å². The number of fused-ring (bicyclic) bond motifs is 2. The van der Waals surface area contributed by atoms with Gasteiger partial charge in [0.2, 0.25) is 0 Å². The lowest BCUT2D eigenvalue weighted by atomic mass is 10.1. The van der Waals surface area contributed by atoms with E-state index in [1.807, 2.05) is 18.2 Å². The van der Waals surface area contributed by atoms with Gasteiger partial charge in [-0.3, -0.25) is 4.79 Å². The first-order valence-corrected chi connectivity index (χ1v) is 10.1. The summed E-state index contributed by atoms with van der Waals surface area (Å²) in [5, 5.41) is 21.1. The van der Waals surface area contributed by atoms with Crippen molar-refractivity contribution in [3.8, 4) is 17.0 Å². The quantitative estimate of drug-likeness (QED) is 0.415. The third-order valence-electron chi connectivity index (χ3n) is 5.25. The van der Waals surface area contributed by atoms with Crippen LogP contribution in [0.3, 0.4) is 0 Å². The van der Waals surface area contributed by atoms with Crippen molar-refractivity contribution in [2.24, 2.45) is 0 Å². The second kappa shape index (κ2) is 8.32. The number of pyridine rings is 2. The van der Waals surface area contributed by atoms with E-state index in [0.717, 1.165) is 0 Å². The van der Waals surface area contributed by atoms with Crippen molar-refractivity contribution in [2.45, 2.75) is 6.54 Å². The number of hydrogen-bond donors (Lipinski definition) is 2. The highest BCUT2D eigenvalue weighted by atomic mass is 19.1. The minimum Gasteiger partial charge on any atom is -0.497 e. The molecule has 0 bridgehead atoms. The van der Waals surface area contributed by atoms with Gasteiger partial charge in [-0.1, -0.05) is 6.07 Å². The molecule has 0 aliphatic rings. The molecule has 10 heteroatoms. The number of ether oxygens (including phenoxy) is 1. The van der Waals surface area contributed by atoms with Crippen LogP contribution in [0.4, 0.5) is 10.2 Å². The van der Waals surface area contributed by atoms with E-state index in [-0.39, 0.29) is 24.7 Å². The Balaban J connectivity index is 1.58. The Labute approximate surface area is 187 Å². The monoisotopic (exact) mass is 446 g/mol. The van der Waals surface area contributed by atoms with Gasteiger partial charge in [0.05, 0.1) is 37.4 Å². The molecule has 0 aliphatic heterocycles. The molecule has 0 fully saturated rings. The Kier molecular flexibility index (Phi) is 5.19. The SMILES string of the molecule is COc1ccc(C(=O)Nc2nn(CCO)c3nc(-c4cnn5ccccc45)c(F)cc23)cc1. The number of methoxy groups -OCH3 is 1. The normalized spacial score (nSPS) is 11.2. The minimum atomic E-state index is -0.579. The Hall–Kier alpha value is -4.31. The van der Waals surface area contributed by atoms with Gasteiger partial charge in [0.25, 0.3) is 5.91 Å². The summed E-state index contributed by atoms with van der Waals surface area (Å²) in [7, 11) is 1.54. The van der Waals surface area contributed by atoms with Gasteiger partial charge in [0, 0.05) is 17.3 Å². The number of benzene rings is 1. The van der Waals surface area contributed by atoms with E-state index in [4.69, 9.17) is 4.74 Å². The molecule has 1 amide bonds. The average molecular weight is 446 g/mol. The lowest BCUT2D eigenvalue weighted by molar-refractivity contribution is 0.102. The van der Waals surface area contributed by atoms with E-state index in [1.54, 1.807) is 41.2 Å². The zero-order valence-corrected chi connectivity index (χ0v) is 17.6. The third-order valence-corrected chi connectivity index (χ3v) is 5.25. The molecular formula is C23H19FN6O3. The van der Waals surface area contributed by atoms with Crippen LogP contribution < -0.4 is 10.1 Å². The molecule has 4 heterocycles. The number of aliphatic hydroxyl groups excluding tert-OH is 1. The molecule has 2 N–H and O–H groups in total. The molecule has 4 aromatic heterocycles. The van der Waals surface area contributed by atoms with E-state index >= 15 is 4.39 Å². The van der Waals surface area contributed by atoms with Crippen molar-refractivity contribution in [3.63, 3.8) is 0 Å². The summed E-state index contributed by atoms with van der Waals surface area (Å²) in [6.07, 6.45) is 3.31. The third kappa shape index (κ3) is 3.66. The van der Waals surface area contributed by atoms with E-state index in [1.165, 1.54) is 17.9 Å². The van der Waals surface area contributed by atoms with Gasteiger partial charge in [-0.25, -0.2) is 18.6 Å². The Bertz CT molecular complexity index is 1480. The maximum absolute atomic E-state index is 15.2. The van der Waals surface area contributed by atoms with Crippen LogP contribution in [0, 0.1) is 5.82 Å². The number of hydrogen-bond acceptors (Lipinski definition) is 6. The van der Waals surface area contributed by atoms with Gasteiger partial charge < -0.3 is 15.2 Å². The predicted molar refractivity (Wildman–Crippen MR) is 120 cm³/mol. The minimum absolute atomic E-state index is 0.107. The molecule has 0 saturated heterocycles. The maximum atomic E-state index is 15.2. The molecule has 0 atom stereocenters.